The largest absolute Gasteiger partial charge is 0.480 e. The number of carboxylic acids is 1. The zero-order chi connectivity index (χ0) is 15.8. The van der Waals surface area contributed by atoms with Crippen molar-refractivity contribution < 1.29 is 14.7 Å². The summed E-state index contributed by atoms with van der Waals surface area (Å²) in [4.78, 5) is 30.3. The van der Waals surface area contributed by atoms with Crippen molar-refractivity contribution in [2.75, 3.05) is 45.6 Å². The highest BCUT2D eigenvalue weighted by atomic mass is 79.9. The molecule has 1 aromatic heterocycles. The SMILES string of the molecule is CN(C)CCN(CC(=O)O)CC(=O)Nc1ccc(Br)cn1. The lowest BCUT2D eigenvalue weighted by Crippen LogP contribution is -2.40. The number of carboxylic acid groups (broad SMARTS) is 1. The first-order valence-electron chi connectivity index (χ1n) is 6.37. The van der Waals surface area contributed by atoms with Crippen molar-refractivity contribution in [3.8, 4) is 0 Å². The van der Waals surface area contributed by atoms with Gasteiger partial charge in [0.1, 0.15) is 5.82 Å². The van der Waals surface area contributed by atoms with Crippen LogP contribution in [0.1, 0.15) is 0 Å². The van der Waals surface area contributed by atoms with Crippen LogP contribution in [0.15, 0.2) is 22.8 Å². The predicted molar refractivity (Wildman–Crippen MR) is 83.2 cm³/mol. The fourth-order valence-corrected chi connectivity index (χ4v) is 1.82. The highest BCUT2D eigenvalue weighted by Gasteiger charge is 2.14. The van der Waals surface area contributed by atoms with Crippen molar-refractivity contribution in [2.24, 2.45) is 0 Å². The summed E-state index contributed by atoms with van der Waals surface area (Å²) in [5.74, 6) is -0.806. The Bertz CT molecular complexity index is 479. The molecule has 0 saturated heterocycles. The molecule has 2 N–H and O–H groups in total. The minimum absolute atomic E-state index is 0.0118. The molecule has 116 valence electrons. The van der Waals surface area contributed by atoms with Crippen molar-refractivity contribution in [1.82, 2.24) is 14.8 Å². The van der Waals surface area contributed by atoms with E-state index in [4.69, 9.17) is 5.11 Å². The molecule has 0 aromatic carbocycles. The molecule has 0 aliphatic rings. The number of halogens is 1. The molecule has 0 fully saturated rings. The molecule has 0 aliphatic carbocycles. The van der Waals surface area contributed by atoms with Crippen molar-refractivity contribution in [3.05, 3.63) is 22.8 Å². The number of anilines is 1. The Morgan fingerprint density at radius 1 is 1.29 bits per heavy atom. The average molecular weight is 359 g/mol. The number of hydrogen-bond acceptors (Lipinski definition) is 5. The number of hydrogen-bond donors (Lipinski definition) is 2. The van der Waals surface area contributed by atoms with E-state index in [1.807, 2.05) is 19.0 Å². The molecule has 0 bridgehead atoms. The van der Waals surface area contributed by atoms with Gasteiger partial charge in [-0.2, -0.15) is 0 Å². The summed E-state index contributed by atoms with van der Waals surface area (Å²) >= 11 is 3.26. The molecule has 1 amide bonds. The van der Waals surface area contributed by atoms with Gasteiger partial charge in [-0.3, -0.25) is 14.5 Å². The molecule has 0 aliphatic heterocycles. The number of likely N-dealkylation sites (N-methyl/N-ethyl adjacent to an activating group) is 1. The first-order valence-corrected chi connectivity index (χ1v) is 7.16. The quantitative estimate of drug-likeness (QED) is 0.712. The van der Waals surface area contributed by atoms with Crippen LogP contribution < -0.4 is 5.32 Å². The third-order valence-corrected chi connectivity index (χ3v) is 3.05. The zero-order valence-electron chi connectivity index (χ0n) is 12.0. The third kappa shape index (κ3) is 7.74. The van der Waals surface area contributed by atoms with Gasteiger partial charge in [-0.25, -0.2) is 4.98 Å². The van der Waals surface area contributed by atoms with Gasteiger partial charge in [0, 0.05) is 23.8 Å². The molecular weight excluding hydrogens is 340 g/mol. The Labute approximate surface area is 132 Å². The summed E-state index contributed by atoms with van der Waals surface area (Å²) in [6, 6.07) is 3.44. The second-order valence-electron chi connectivity index (χ2n) is 4.82. The topological polar surface area (TPSA) is 85.8 Å². The second kappa shape index (κ2) is 8.71. The smallest absolute Gasteiger partial charge is 0.317 e. The van der Waals surface area contributed by atoms with Crippen LogP contribution in [0.5, 0.6) is 0 Å². The van der Waals surface area contributed by atoms with Gasteiger partial charge in [-0.05, 0) is 42.2 Å². The number of aromatic nitrogens is 1. The van der Waals surface area contributed by atoms with Crippen LogP contribution in [0.3, 0.4) is 0 Å². The molecule has 0 radical (unpaired) electrons. The standard InChI is InChI=1S/C13H19BrN4O3/c1-17(2)5-6-18(9-13(20)21)8-12(19)16-11-4-3-10(14)7-15-11/h3-4,7H,5-6,8-9H2,1-2H3,(H,20,21)(H,15,16,19). The van der Waals surface area contributed by atoms with E-state index < -0.39 is 5.97 Å². The predicted octanol–water partition coefficient (Wildman–Crippen LogP) is 0.731. The number of aliphatic carboxylic acids is 1. The van der Waals surface area contributed by atoms with Crippen molar-refractivity contribution >= 4 is 33.6 Å². The van der Waals surface area contributed by atoms with Gasteiger partial charge in [-0.1, -0.05) is 0 Å². The lowest BCUT2D eigenvalue weighted by Gasteiger charge is -2.21. The molecular formula is C13H19BrN4O3. The summed E-state index contributed by atoms with van der Waals surface area (Å²) in [5.41, 5.74) is 0. The number of carbonyl (C=O) groups is 2. The van der Waals surface area contributed by atoms with Crippen LogP contribution in [0.4, 0.5) is 5.82 Å². The number of pyridine rings is 1. The maximum absolute atomic E-state index is 11.9. The molecule has 0 atom stereocenters. The zero-order valence-corrected chi connectivity index (χ0v) is 13.6. The van der Waals surface area contributed by atoms with Crippen LogP contribution in [0.2, 0.25) is 0 Å². The maximum atomic E-state index is 11.9. The van der Waals surface area contributed by atoms with Gasteiger partial charge >= 0.3 is 5.97 Å². The van der Waals surface area contributed by atoms with Gasteiger partial charge < -0.3 is 15.3 Å². The number of carbonyl (C=O) groups excluding carboxylic acids is 1. The van der Waals surface area contributed by atoms with Crippen LogP contribution in [-0.4, -0.2) is 72.0 Å². The van der Waals surface area contributed by atoms with Crippen molar-refractivity contribution in [2.45, 2.75) is 0 Å². The number of amides is 1. The summed E-state index contributed by atoms with van der Waals surface area (Å²) in [6.07, 6.45) is 1.58. The van der Waals surface area contributed by atoms with E-state index in [1.165, 1.54) is 0 Å². The van der Waals surface area contributed by atoms with Crippen LogP contribution in [-0.2, 0) is 9.59 Å². The molecule has 1 aromatic rings. The molecule has 8 heteroatoms. The van der Waals surface area contributed by atoms with Gasteiger partial charge in [0.2, 0.25) is 5.91 Å². The Morgan fingerprint density at radius 2 is 2.00 bits per heavy atom. The fraction of sp³-hybridized carbons (Fsp3) is 0.462. The fourth-order valence-electron chi connectivity index (χ4n) is 1.58. The minimum atomic E-state index is -0.955. The normalized spacial score (nSPS) is 10.9. The van der Waals surface area contributed by atoms with Crippen molar-refractivity contribution in [1.29, 1.82) is 0 Å². The first-order chi connectivity index (χ1) is 9.86. The number of nitrogens with zero attached hydrogens (tertiary/aromatic N) is 3. The van der Waals surface area contributed by atoms with E-state index in [0.29, 0.717) is 18.9 Å². The van der Waals surface area contributed by atoms with Crippen LogP contribution in [0, 0.1) is 0 Å². The lowest BCUT2D eigenvalue weighted by atomic mass is 10.4. The maximum Gasteiger partial charge on any atom is 0.317 e. The molecule has 0 unspecified atom stereocenters. The summed E-state index contributed by atoms with van der Waals surface area (Å²) in [6.45, 7) is 1.02. The number of nitrogens with one attached hydrogen (secondary N) is 1. The van der Waals surface area contributed by atoms with Gasteiger partial charge in [0.05, 0.1) is 13.1 Å². The van der Waals surface area contributed by atoms with Gasteiger partial charge in [0.25, 0.3) is 0 Å². The Balaban J connectivity index is 2.53. The van der Waals surface area contributed by atoms with Crippen LogP contribution >= 0.6 is 15.9 Å². The second-order valence-corrected chi connectivity index (χ2v) is 5.73. The molecule has 1 rings (SSSR count). The first kappa shape index (κ1) is 17.5. The summed E-state index contributed by atoms with van der Waals surface area (Å²) < 4.78 is 0.819. The monoisotopic (exact) mass is 358 g/mol. The van der Waals surface area contributed by atoms with Crippen LogP contribution in [0.25, 0.3) is 0 Å². The molecule has 0 saturated carbocycles. The molecule has 0 spiro atoms. The van der Waals surface area contributed by atoms with E-state index in [1.54, 1.807) is 23.2 Å². The van der Waals surface area contributed by atoms with E-state index in [0.717, 1.165) is 4.47 Å². The average Bonchev–Trinajstić information content (AvgIpc) is 2.38. The summed E-state index contributed by atoms with van der Waals surface area (Å²) in [5, 5.41) is 11.5. The molecule has 1 heterocycles. The lowest BCUT2D eigenvalue weighted by molar-refractivity contribution is -0.138. The van der Waals surface area contributed by atoms with E-state index in [9.17, 15) is 9.59 Å². The van der Waals surface area contributed by atoms with E-state index >= 15 is 0 Å². The molecule has 7 nitrogen and oxygen atoms in total. The minimum Gasteiger partial charge on any atom is -0.480 e. The Kier molecular flexibility index (Phi) is 7.27. The summed E-state index contributed by atoms with van der Waals surface area (Å²) in [7, 11) is 3.79. The molecule has 21 heavy (non-hydrogen) atoms. The Morgan fingerprint density at radius 3 is 2.52 bits per heavy atom. The highest BCUT2D eigenvalue weighted by molar-refractivity contribution is 9.10. The number of rotatable bonds is 8. The Hall–Kier alpha value is -1.51. The van der Waals surface area contributed by atoms with Gasteiger partial charge in [-0.15, -0.1) is 0 Å². The van der Waals surface area contributed by atoms with Crippen molar-refractivity contribution in [3.63, 3.8) is 0 Å². The highest BCUT2D eigenvalue weighted by Crippen LogP contribution is 2.10. The van der Waals surface area contributed by atoms with Gasteiger partial charge in [0.15, 0.2) is 0 Å². The third-order valence-electron chi connectivity index (χ3n) is 2.58. The van der Waals surface area contributed by atoms with E-state index in [-0.39, 0.29) is 19.0 Å². The van der Waals surface area contributed by atoms with E-state index in [2.05, 4.69) is 26.2 Å².